The van der Waals surface area contributed by atoms with Crippen LogP contribution in [0.5, 0.6) is 0 Å². The van der Waals surface area contributed by atoms with E-state index in [4.69, 9.17) is 0 Å². The van der Waals surface area contributed by atoms with Gasteiger partial charge in [0.05, 0.1) is 24.2 Å². The Morgan fingerprint density at radius 3 is 2.42 bits per heavy atom. The summed E-state index contributed by atoms with van der Waals surface area (Å²) in [6.45, 7) is 3.93. The van der Waals surface area contributed by atoms with E-state index in [9.17, 15) is 22.0 Å². The molecule has 0 bridgehead atoms. The highest BCUT2D eigenvalue weighted by molar-refractivity contribution is 7.99. The van der Waals surface area contributed by atoms with Gasteiger partial charge in [-0.25, -0.2) is 17.2 Å². The summed E-state index contributed by atoms with van der Waals surface area (Å²) in [4.78, 5) is 12.3. The van der Waals surface area contributed by atoms with Crippen LogP contribution in [0.25, 0.3) is 0 Å². The second kappa shape index (κ2) is 10.3. The number of nitrogens with one attached hydrogen (secondary N) is 1. The van der Waals surface area contributed by atoms with E-state index in [1.165, 1.54) is 36.4 Å². The van der Waals surface area contributed by atoms with Gasteiger partial charge in [0.25, 0.3) is 0 Å². The quantitative estimate of drug-likeness (QED) is 0.456. The highest BCUT2D eigenvalue weighted by Crippen LogP contribution is 2.24. The maximum Gasteiger partial charge on any atom is 0.234 e. The maximum absolute atomic E-state index is 13.4. The molecule has 176 valence electrons. The van der Waals surface area contributed by atoms with Crippen molar-refractivity contribution in [2.24, 2.45) is 0 Å². The Balaban J connectivity index is 1.74. The first kappa shape index (κ1) is 24.6. The molecular weight excluding hydrogens is 472 g/mol. The van der Waals surface area contributed by atoms with E-state index < -0.39 is 21.7 Å². The standard InChI is InChI=1S/C21H23F2N5O3S2/c1-4-27-19(12-28(33(3,30)31)17-9-7-15(22)8-10-17)25-26-21(27)32-13-20(29)24-18-11-16(23)6-5-14(18)2/h5-11H,4,12-13H2,1-3H3,(H,24,29). The molecule has 12 heteroatoms. The van der Waals surface area contributed by atoms with Gasteiger partial charge in [-0.1, -0.05) is 17.8 Å². The van der Waals surface area contributed by atoms with Crippen molar-refractivity contribution in [2.75, 3.05) is 21.6 Å². The molecule has 2 aromatic carbocycles. The Hall–Kier alpha value is -2.99. The van der Waals surface area contributed by atoms with Gasteiger partial charge in [0.2, 0.25) is 15.9 Å². The first-order valence-corrected chi connectivity index (χ1v) is 12.8. The third-order valence-electron chi connectivity index (χ3n) is 4.72. The number of amides is 1. The number of rotatable bonds is 9. The van der Waals surface area contributed by atoms with Crippen LogP contribution >= 0.6 is 11.8 Å². The summed E-state index contributed by atoms with van der Waals surface area (Å²) < 4.78 is 54.2. The number of hydrogen-bond acceptors (Lipinski definition) is 6. The van der Waals surface area contributed by atoms with E-state index in [2.05, 4.69) is 15.5 Å². The molecule has 33 heavy (non-hydrogen) atoms. The van der Waals surface area contributed by atoms with Crippen molar-refractivity contribution in [2.45, 2.75) is 32.1 Å². The fourth-order valence-electron chi connectivity index (χ4n) is 3.04. The van der Waals surface area contributed by atoms with Gasteiger partial charge in [0.1, 0.15) is 11.6 Å². The van der Waals surface area contributed by atoms with Gasteiger partial charge in [-0.2, -0.15) is 0 Å². The van der Waals surface area contributed by atoms with Crippen LogP contribution in [0, 0.1) is 18.6 Å². The van der Waals surface area contributed by atoms with Crippen LogP contribution in [-0.2, 0) is 27.9 Å². The lowest BCUT2D eigenvalue weighted by molar-refractivity contribution is -0.113. The van der Waals surface area contributed by atoms with Crippen LogP contribution in [0.1, 0.15) is 18.3 Å². The molecule has 0 atom stereocenters. The molecule has 8 nitrogen and oxygen atoms in total. The molecule has 0 fully saturated rings. The Morgan fingerprint density at radius 1 is 1.12 bits per heavy atom. The number of nitrogens with zero attached hydrogens (tertiary/aromatic N) is 4. The average Bonchev–Trinajstić information content (AvgIpc) is 3.14. The van der Waals surface area contributed by atoms with E-state index in [0.717, 1.165) is 27.9 Å². The zero-order valence-electron chi connectivity index (χ0n) is 18.2. The summed E-state index contributed by atoms with van der Waals surface area (Å²) in [7, 11) is -3.68. The van der Waals surface area contributed by atoms with Crippen molar-refractivity contribution < 1.29 is 22.0 Å². The number of sulfonamides is 1. The van der Waals surface area contributed by atoms with Gasteiger partial charge in [0.15, 0.2) is 11.0 Å². The van der Waals surface area contributed by atoms with Gasteiger partial charge < -0.3 is 9.88 Å². The van der Waals surface area contributed by atoms with Crippen molar-refractivity contribution in [3.8, 4) is 0 Å². The summed E-state index contributed by atoms with van der Waals surface area (Å²) in [5.74, 6) is -0.895. The maximum atomic E-state index is 13.4. The van der Waals surface area contributed by atoms with Gasteiger partial charge in [0, 0.05) is 12.2 Å². The molecule has 1 amide bonds. The van der Waals surface area contributed by atoms with Crippen LogP contribution in [0.15, 0.2) is 47.6 Å². The van der Waals surface area contributed by atoms with Gasteiger partial charge >= 0.3 is 0 Å². The Morgan fingerprint density at radius 2 is 1.79 bits per heavy atom. The minimum absolute atomic E-state index is 0.00182. The molecule has 0 unspecified atom stereocenters. The summed E-state index contributed by atoms with van der Waals surface area (Å²) in [5.41, 5.74) is 1.42. The van der Waals surface area contributed by atoms with Crippen LogP contribution in [-0.4, -0.2) is 41.1 Å². The fraction of sp³-hybridized carbons (Fsp3) is 0.286. The van der Waals surface area contributed by atoms with Gasteiger partial charge in [-0.15, -0.1) is 10.2 Å². The smallest absolute Gasteiger partial charge is 0.234 e. The van der Waals surface area contributed by atoms with Crippen LogP contribution in [0.2, 0.25) is 0 Å². The van der Waals surface area contributed by atoms with E-state index in [0.29, 0.717) is 28.9 Å². The molecule has 1 aromatic heterocycles. The topological polar surface area (TPSA) is 97.2 Å². The molecule has 0 radical (unpaired) electrons. The number of carbonyl (C=O) groups excluding carboxylic acids is 1. The third-order valence-corrected chi connectivity index (χ3v) is 6.82. The zero-order valence-corrected chi connectivity index (χ0v) is 19.9. The predicted octanol–water partition coefficient (Wildman–Crippen LogP) is 3.58. The minimum atomic E-state index is -3.68. The number of anilines is 2. The molecule has 1 N–H and O–H groups in total. The lowest BCUT2D eigenvalue weighted by Gasteiger charge is -2.22. The van der Waals surface area contributed by atoms with Crippen LogP contribution < -0.4 is 9.62 Å². The number of halogens is 2. The van der Waals surface area contributed by atoms with E-state index in [1.807, 2.05) is 6.92 Å². The van der Waals surface area contributed by atoms with Gasteiger partial charge in [-0.05, 0) is 55.8 Å². The van der Waals surface area contributed by atoms with Crippen LogP contribution in [0.4, 0.5) is 20.2 Å². The molecule has 0 aliphatic heterocycles. The lowest BCUT2D eigenvalue weighted by atomic mass is 10.2. The molecule has 3 rings (SSSR count). The van der Waals surface area contributed by atoms with E-state index in [1.54, 1.807) is 17.6 Å². The second-order valence-electron chi connectivity index (χ2n) is 7.19. The van der Waals surface area contributed by atoms with Crippen molar-refractivity contribution in [1.82, 2.24) is 14.8 Å². The first-order chi connectivity index (χ1) is 15.6. The predicted molar refractivity (Wildman–Crippen MR) is 124 cm³/mol. The summed E-state index contributed by atoms with van der Waals surface area (Å²) in [6.07, 6.45) is 1.05. The Kier molecular flexibility index (Phi) is 7.69. The highest BCUT2D eigenvalue weighted by atomic mass is 32.2. The molecule has 0 saturated carbocycles. The first-order valence-electron chi connectivity index (χ1n) is 9.92. The van der Waals surface area contributed by atoms with Crippen molar-refractivity contribution in [1.29, 1.82) is 0 Å². The number of benzene rings is 2. The SMILES string of the molecule is CCn1c(CN(c2ccc(F)cc2)S(C)(=O)=O)nnc1SCC(=O)Nc1cc(F)ccc1C. The van der Waals surface area contributed by atoms with Gasteiger partial charge in [-0.3, -0.25) is 9.10 Å². The summed E-state index contributed by atoms with van der Waals surface area (Å²) >= 11 is 1.13. The monoisotopic (exact) mass is 495 g/mol. The fourth-order valence-corrected chi connectivity index (χ4v) is 4.72. The Labute approximate surface area is 195 Å². The molecule has 0 aliphatic rings. The molecule has 1 heterocycles. The highest BCUT2D eigenvalue weighted by Gasteiger charge is 2.22. The van der Waals surface area contributed by atoms with Crippen molar-refractivity contribution >= 4 is 39.1 Å². The summed E-state index contributed by atoms with van der Waals surface area (Å²) in [6, 6.07) is 9.24. The minimum Gasteiger partial charge on any atom is -0.325 e. The largest absolute Gasteiger partial charge is 0.325 e. The molecule has 3 aromatic rings. The normalized spacial score (nSPS) is 11.4. The molecule has 0 saturated heterocycles. The van der Waals surface area contributed by atoms with E-state index >= 15 is 0 Å². The van der Waals surface area contributed by atoms with Crippen LogP contribution in [0.3, 0.4) is 0 Å². The number of aromatic nitrogens is 3. The Bertz CT molecular complexity index is 1250. The van der Waals surface area contributed by atoms with E-state index in [-0.39, 0.29) is 18.2 Å². The van der Waals surface area contributed by atoms with Crippen molar-refractivity contribution in [3.05, 3.63) is 65.5 Å². The molecule has 0 aliphatic carbocycles. The molecule has 0 spiro atoms. The average molecular weight is 496 g/mol. The zero-order chi connectivity index (χ0) is 24.2. The van der Waals surface area contributed by atoms with Crippen molar-refractivity contribution in [3.63, 3.8) is 0 Å². The lowest BCUT2D eigenvalue weighted by Crippen LogP contribution is -2.30. The summed E-state index contributed by atoms with van der Waals surface area (Å²) in [5, 5.41) is 11.3. The second-order valence-corrected chi connectivity index (χ2v) is 10.0. The number of carbonyl (C=O) groups is 1. The molecular formula is C21H23F2N5O3S2. The number of hydrogen-bond donors (Lipinski definition) is 1. The number of thioether (sulfide) groups is 1. The third kappa shape index (κ3) is 6.29. The number of aryl methyl sites for hydroxylation is 1.